The molecule has 3 heterocycles. The van der Waals surface area contributed by atoms with Crippen LogP contribution in [0.4, 0.5) is 0 Å². The summed E-state index contributed by atoms with van der Waals surface area (Å²) in [7, 11) is 0. The number of benzene rings is 7. The van der Waals surface area contributed by atoms with E-state index in [9.17, 15) is 0 Å². The molecule has 1 aliphatic rings. The zero-order chi connectivity index (χ0) is 35.3. The van der Waals surface area contributed by atoms with Gasteiger partial charge in [0.2, 0.25) is 0 Å². The quantitative estimate of drug-likeness (QED) is 0.186. The standard InChI is InChI=1S/C48H32N4O/c1-48(2)38-20-9-6-15-32(38)34-27-28-40-42(43(34)48)36-17-7-10-21-39(36)52(40)31-25-23-30(24-26-31)46-49-45(29-13-4-3-5-14-29)50-47(51-46)37-19-12-18-35-33-16-8-11-22-41(33)53-44(35)37/h3-28H,1-2H3. The molecule has 250 valence electrons. The number of furan rings is 1. The molecule has 0 atom stereocenters. The van der Waals surface area contributed by atoms with Crippen molar-refractivity contribution >= 4 is 43.7 Å². The number of hydrogen-bond donors (Lipinski definition) is 0. The van der Waals surface area contributed by atoms with Crippen LogP contribution < -0.4 is 0 Å². The molecule has 0 amide bonds. The van der Waals surface area contributed by atoms with Crippen LogP contribution in [-0.4, -0.2) is 19.5 Å². The molecular formula is C48H32N4O. The Labute approximate surface area is 305 Å². The van der Waals surface area contributed by atoms with E-state index in [2.05, 4.69) is 115 Å². The lowest BCUT2D eigenvalue weighted by Crippen LogP contribution is -2.15. The molecule has 0 radical (unpaired) electrons. The number of nitrogens with zero attached hydrogens (tertiary/aromatic N) is 4. The van der Waals surface area contributed by atoms with E-state index in [0.717, 1.165) is 44.3 Å². The summed E-state index contributed by atoms with van der Waals surface area (Å²) >= 11 is 0. The van der Waals surface area contributed by atoms with Crippen LogP contribution in [0.5, 0.6) is 0 Å². The molecule has 0 unspecified atom stereocenters. The summed E-state index contributed by atoms with van der Waals surface area (Å²) in [6.45, 7) is 4.72. The van der Waals surface area contributed by atoms with E-state index in [0.29, 0.717) is 17.5 Å². The van der Waals surface area contributed by atoms with Gasteiger partial charge in [-0.25, -0.2) is 15.0 Å². The number of fused-ring (bicyclic) bond motifs is 10. The van der Waals surface area contributed by atoms with Crippen LogP contribution in [0.3, 0.4) is 0 Å². The van der Waals surface area contributed by atoms with Gasteiger partial charge in [0.15, 0.2) is 17.5 Å². The predicted octanol–water partition coefficient (Wildman–Crippen LogP) is 12.2. The van der Waals surface area contributed by atoms with Gasteiger partial charge in [0, 0.05) is 43.8 Å². The summed E-state index contributed by atoms with van der Waals surface area (Å²) in [4.78, 5) is 15.1. The SMILES string of the molecule is CC1(C)c2ccccc2-c2ccc3c(c21)c1ccccc1n3-c1ccc(-c2nc(-c3ccccc3)nc(-c3cccc4c3oc3ccccc34)n2)cc1. The van der Waals surface area contributed by atoms with Crippen LogP contribution in [-0.2, 0) is 5.41 Å². The van der Waals surface area contributed by atoms with Crippen LogP contribution in [0.2, 0.25) is 0 Å². The van der Waals surface area contributed by atoms with E-state index in [1.54, 1.807) is 0 Å². The van der Waals surface area contributed by atoms with E-state index in [-0.39, 0.29) is 5.41 Å². The van der Waals surface area contributed by atoms with Gasteiger partial charge in [0.1, 0.15) is 11.2 Å². The smallest absolute Gasteiger partial charge is 0.167 e. The summed E-state index contributed by atoms with van der Waals surface area (Å²) in [5.41, 5.74) is 13.1. The molecule has 11 rings (SSSR count). The van der Waals surface area contributed by atoms with Gasteiger partial charge in [-0.15, -0.1) is 0 Å². The third-order valence-electron chi connectivity index (χ3n) is 11.1. The third kappa shape index (κ3) is 4.34. The maximum absolute atomic E-state index is 6.41. The largest absolute Gasteiger partial charge is 0.455 e. The first-order valence-electron chi connectivity index (χ1n) is 18.0. The van der Waals surface area contributed by atoms with Crippen LogP contribution in [0.1, 0.15) is 25.0 Å². The van der Waals surface area contributed by atoms with Crippen molar-refractivity contribution in [2.75, 3.05) is 0 Å². The van der Waals surface area contributed by atoms with E-state index in [4.69, 9.17) is 19.4 Å². The summed E-state index contributed by atoms with van der Waals surface area (Å²) in [5.74, 6) is 1.79. The summed E-state index contributed by atoms with van der Waals surface area (Å²) < 4.78 is 8.81. The lowest BCUT2D eigenvalue weighted by atomic mass is 9.80. The minimum Gasteiger partial charge on any atom is -0.455 e. The highest BCUT2D eigenvalue weighted by molar-refractivity contribution is 6.14. The minimum atomic E-state index is -0.121. The van der Waals surface area contributed by atoms with Gasteiger partial charge in [0.05, 0.1) is 16.6 Å². The van der Waals surface area contributed by atoms with Gasteiger partial charge in [-0.2, -0.15) is 0 Å². The van der Waals surface area contributed by atoms with Crippen molar-refractivity contribution in [3.8, 4) is 51.0 Å². The highest BCUT2D eigenvalue weighted by Gasteiger charge is 2.38. The number of hydrogen-bond acceptors (Lipinski definition) is 4. The van der Waals surface area contributed by atoms with Crippen molar-refractivity contribution in [3.05, 3.63) is 169 Å². The maximum atomic E-state index is 6.41. The zero-order valence-electron chi connectivity index (χ0n) is 29.2. The maximum Gasteiger partial charge on any atom is 0.167 e. The van der Waals surface area contributed by atoms with Gasteiger partial charge < -0.3 is 8.98 Å². The molecule has 7 aromatic carbocycles. The van der Waals surface area contributed by atoms with Crippen molar-refractivity contribution < 1.29 is 4.42 Å². The second kappa shape index (κ2) is 11.1. The summed E-state index contributed by atoms with van der Waals surface area (Å²) in [5, 5.41) is 4.69. The van der Waals surface area contributed by atoms with E-state index >= 15 is 0 Å². The van der Waals surface area contributed by atoms with Gasteiger partial charge in [-0.05, 0) is 70.8 Å². The Morgan fingerprint density at radius 3 is 1.94 bits per heavy atom. The normalized spacial score (nSPS) is 13.2. The van der Waals surface area contributed by atoms with Crippen molar-refractivity contribution in [1.29, 1.82) is 0 Å². The van der Waals surface area contributed by atoms with Crippen LogP contribution >= 0.6 is 0 Å². The van der Waals surface area contributed by atoms with Crippen molar-refractivity contribution in [2.24, 2.45) is 0 Å². The van der Waals surface area contributed by atoms with E-state index in [1.165, 1.54) is 44.1 Å². The Morgan fingerprint density at radius 1 is 0.472 bits per heavy atom. The molecule has 0 spiro atoms. The topological polar surface area (TPSA) is 56.7 Å². The number of para-hydroxylation sites is 3. The fourth-order valence-electron chi connectivity index (χ4n) is 8.63. The second-order valence-corrected chi connectivity index (χ2v) is 14.4. The van der Waals surface area contributed by atoms with Crippen LogP contribution in [0.25, 0.3) is 94.7 Å². The van der Waals surface area contributed by atoms with Crippen molar-refractivity contribution in [1.82, 2.24) is 19.5 Å². The third-order valence-corrected chi connectivity index (χ3v) is 11.1. The van der Waals surface area contributed by atoms with Gasteiger partial charge in [0.25, 0.3) is 0 Å². The molecule has 0 bridgehead atoms. The van der Waals surface area contributed by atoms with Gasteiger partial charge in [-0.3, -0.25) is 0 Å². The first kappa shape index (κ1) is 29.8. The zero-order valence-corrected chi connectivity index (χ0v) is 29.2. The molecule has 0 fully saturated rings. The average molecular weight is 681 g/mol. The fourth-order valence-corrected chi connectivity index (χ4v) is 8.63. The summed E-state index contributed by atoms with van der Waals surface area (Å²) in [6.07, 6.45) is 0. The highest BCUT2D eigenvalue weighted by Crippen LogP contribution is 2.53. The number of rotatable bonds is 4. The van der Waals surface area contributed by atoms with Crippen molar-refractivity contribution in [2.45, 2.75) is 19.3 Å². The van der Waals surface area contributed by atoms with Crippen LogP contribution in [0.15, 0.2) is 162 Å². The Morgan fingerprint density at radius 2 is 1.11 bits per heavy atom. The fraction of sp³-hybridized carbons (Fsp3) is 0.0625. The molecule has 10 aromatic rings. The first-order chi connectivity index (χ1) is 26.0. The molecule has 1 aliphatic carbocycles. The predicted molar refractivity (Wildman–Crippen MR) is 215 cm³/mol. The first-order valence-corrected chi connectivity index (χ1v) is 18.0. The molecular weight excluding hydrogens is 649 g/mol. The Balaban J connectivity index is 1.08. The Hall–Kier alpha value is -6.85. The highest BCUT2D eigenvalue weighted by atomic mass is 16.3. The van der Waals surface area contributed by atoms with Crippen LogP contribution in [0, 0.1) is 0 Å². The monoisotopic (exact) mass is 680 g/mol. The molecule has 0 saturated heterocycles. The molecule has 0 saturated carbocycles. The Kier molecular flexibility index (Phi) is 6.23. The van der Waals surface area contributed by atoms with E-state index in [1.807, 2.05) is 60.7 Å². The lowest BCUT2D eigenvalue weighted by Gasteiger charge is -2.22. The minimum absolute atomic E-state index is 0.121. The molecule has 0 N–H and O–H groups in total. The average Bonchev–Trinajstić information content (AvgIpc) is 3.84. The van der Waals surface area contributed by atoms with Gasteiger partial charge >= 0.3 is 0 Å². The molecule has 3 aromatic heterocycles. The Bertz CT molecular complexity index is 3080. The number of aromatic nitrogens is 4. The lowest BCUT2D eigenvalue weighted by molar-refractivity contribution is 0.666. The van der Waals surface area contributed by atoms with Gasteiger partial charge in [-0.1, -0.05) is 123 Å². The molecule has 0 aliphatic heterocycles. The second-order valence-electron chi connectivity index (χ2n) is 14.4. The van der Waals surface area contributed by atoms with Crippen molar-refractivity contribution in [3.63, 3.8) is 0 Å². The van der Waals surface area contributed by atoms with E-state index < -0.39 is 0 Å². The molecule has 5 heteroatoms. The molecule has 53 heavy (non-hydrogen) atoms. The molecule has 5 nitrogen and oxygen atoms in total. The summed E-state index contributed by atoms with van der Waals surface area (Å²) in [6, 6.07) is 55.2.